The zero-order valence-electron chi connectivity index (χ0n) is 15.9. The van der Waals surface area contributed by atoms with Crippen molar-refractivity contribution in [2.75, 3.05) is 6.54 Å². The Morgan fingerprint density at radius 2 is 1.97 bits per heavy atom. The van der Waals surface area contributed by atoms with Crippen molar-refractivity contribution in [1.29, 1.82) is 0 Å². The molecule has 3 aliphatic rings. The van der Waals surface area contributed by atoms with Crippen LogP contribution in [0.5, 0.6) is 0 Å². The summed E-state index contributed by atoms with van der Waals surface area (Å²) in [6.07, 6.45) is 6.76. The number of furan rings is 1. The molecule has 1 saturated carbocycles. The van der Waals surface area contributed by atoms with E-state index in [0.717, 1.165) is 38.6 Å². The number of carbonyl (C=O) groups is 1. The Morgan fingerprint density at radius 1 is 1.14 bits per heavy atom. The van der Waals surface area contributed by atoms with Gasteiger partial charge in [-0.05, 0) is 61.4 Å². The molecule has 1 aromatic carbocycles. The van der Waals surface area contributed by atoms with Crippen LogP contribution in [0.15, 0.2) is 57.0 Å². The highest BCUT2D eigenvalue weighted by Crippen LogP contribution is 2.38. The van der Waals surface area contributed by atoms with Gasteiger partial charge in [0.25, 0.3) is 11.6 Å². The quantitative estimate of drug-likeness (QED) is 0.558. The summed E-state index contributed by atoms with van der Waals surface area (Å²) >= 11 is 0. The Morgan fingerprint density at radius 3 is 2.76 bits per heavy atom. The van der Waals surface area contributed by atoms with Gasteiger partial charge in [0.15, 0.2) is 5.76 Å². The molecular formula is C22H21N3O4. The molecule has 0 N–H and O–H groups in total. The summed E-state index contributed by atoms with van der Waals surface area (Å²) in [5, 5.41) is 11.3. The molecule has 2 aromatic rings. The van der Waals surface area contributed by atoms with Crippen LogP contribution < -0.4 is 0 Å². The minimum Gasteiger partial charge on any atom is -0.451 e. The highest BCUT2D eigenvalue weighted by molar-refractivity contribution is 5.93. The van der Waals surface area contributed by atoms with E-state index in [2.05, 4.69) is 4.99 Å². The number of nitrogens with zero attached hydrogens (tertiary/aromatic N) is 3. The lowest BCUT2D eigenvalue weighted by Gasteiger charge is -2.34. The molecule has 148 valence electrons. The smallest absolute Gasteiger partial charge is 0.290 e. The van der Waals surface area contributed by atoms with E-state index in [1.54, 1.807) is 30.3 Å². The summed E-state index contributed by atoms with van der Waals surface area (Å²) in [5.41, 5.74) is 3.03. The van der Waals surface area contributed by atoms with Gasteiger partial charge in [-0.3, -0.25) is 19.9 Å². The van der Waals surface area contributed by atoms with E-state index in [1.165, 1.54) is 17.2 Å². The molecule has 2 heterocycles. The fourth-order valence-electron chi connectivity index (χ4n) is 4.38. The third-order valence-electron chi connectivity index (χ3n) is 5.97. The number of benzene rings is 1. The molecule has 1 aromatic heterocycles. The zero-order chi connectivity index (χ0) is 20.0. The summed E-state index contributed by atoms with van der Waals surface area (Å²) in [6.45, 7) is 0.802. The van der Waals surface area contributed by atoms with Gasteiger partial charge in [-0.25, -0.2) is 0 Å². The Bertz CT molecular complexity index is 1050. The highest BCUT2D eigenvalue weighted by atomic mass is 16.6. The van der Waals surface area contributed by atoms with Crippen LogP contribution in [0.3, 0.4) is 0 Å². The maximum Gasteiger partial charge on any atom is 0.290 e. The lowest BCUT2D eigenvalue weighted by Crippen LogP contribution is -2.43. The van der Waals surface area contributed by atoms with Gasteiger partial charge in [0.1, 0.15) is 5.76 Å². The lowest BCUT2D eigenvalue weighted by molar-refractivity contribution is -0.384. The molecule has 0 radical (unpaired) electrons. The number of hydrogen-bond donors (Lipinski definition) is 0. The van der Waals surface area contributed by atoms with Gasteiger partial charge >= 0.3 is 0 Å². The summed E-state index contributed by atoms with van der Waals surface area (Å²) < 4.78 is 5.82. The minimum absolute atomic E-state index is 0.0350. The van der Waals surface area contributed by atoms with Crippen molar-refractivity contribution in [2.24, 2.45) is 4.99 Å². The molecule has 1 unspecified atom stereocenters. The molecule has 0 saturated heterocycles. The summed E-state index contributed by atoms with van der Waals surface area (Å²) in [4.78, 5) is 30.6. The van der Waals surface area contributed by atoms with Crippen molar-refractivity contribution in [3.05, 3.63) is 63.4 Å². The van der Waals surface area contributed by atoms with Crippen LogP contribution in [-0.4, -0.2) is 40.6 Å². The van der Waals surface area contributed by atoms with E-state index >= 15 is 0 Å². The van der Waals surface area contributed by atoms with Gasteiger partial charge in [-0.1, -0.05) is 12.1 Å². The number of nitro groups is 1. The van der Waals surface area contributed by atoms with Crippen LogP contribution >= 0.6 is 0 Å². The van der Waals surface area contributed by atoms with Crippen molar-refractivity contribution in [2.45, 2.75) is 44.2 Å². The standard InChI is InChI=1S/C22H21N3O4/c26-22(21-10-9-20(29-21)18-3-1-2-4-19(18)25(27)28)24(16-7-8-16)17-6-5-14-12-23-13-15(14)11-17/h1-4,9-10,13,16-17H,5-8,11-12H2. The van der Waals surface area contributed by atoms with Crippen LogP contribution in [0, 0.1) is 10.1 Å². The average Bonchev–Trinajstić information content (AvgIpc) is 3.25. The van der Waals surface area contributed by atoms with Crippen LogP contribution in [0.4, 0.5) is 5.69 Å². The number of rotatable bonds is 5. The van der Waals surface area contributed by atoms with Gasteiger partial charge in [-0.15, -0.1) is 0 Å². The van der Waals surface area contributed by atoms with E-state index in [4.69, 9.17) is 4.42 Å². The van der Waals surface area contributed by atoms with Crippen molar-refractivity contribution >= 4 is 17.8 Å². The number of hydrogen-bond acceptors (Lipinski definition) is 5. The van der Waals surface area contributed by atoms with Gasteiger partial charge in [0, 0.05) is 24.4 Å². The molecule has 2 aliphatic carbocycles. The van der Waals surface area contributed by atoms with E-state index in [1.807, 2.05) is 11.1 Å². The van der Waals surface area contributed by atoms with Crippen molar-refractivity contribution < 1.29 is 14.1 Å². The molecule has 7 nitrogen and oxygen atoms in total. The molecule has 1 amide bonds. The predicted octanol–water partition coefficient (Wildman–Crippen LogP) is 4.39. The van der Waals surface area contributed by atoms with E-state index in [-0.39, 0.29) is 29.4 Å². The molecule has 1 aliphatic heterocycles. The topological polar surface area (TPSA) is 88.9 Å². The molecular weight excluding hydrogens is 370 g/mol. The minimum atomic E-state index is -0.438. The third-order valence-corrected chi connectivity index (χ3v) is 5.97. The third kappa shape index (κ3) is 3.26. The Kier molecular flexibility index (Phi) is 4.30. The lowest BCUT2D eigenvalue weighted by atomic mass is 9.88. The zero-order valence-corrected chi connectivity index (χ0v) is 15.9. The van der Waals surface area contributed by atoms with Crippen molar-refractivity contribution in [3.8, 4) is 11.3 Å². The van der Waals surface area contributed by atoms with Gasteiger partial charge in [-0.2, -0.15) is 0 Å². The summed E-state index contributed by atoms with van der Waals surface area (Å²) in [7, 11) is 0. The first kappa shape index (κ1) is 17.8. The molecule has 0 bridgehead atoms. The Labute approximate surface area is 167 Å². The van der Waals surface area contributed by atoms with Gasteiger partial charge in [0.2, 0.25) is 0 Å². The van der Waals surface area contributed by atoms with Crippen LogP contribution in [-0.2, 0) is 0 Å². The maximum atomic E-state index is 13.3. The van der Waals surface area contributed by atoms with Crippen LogP contribution in [0.1, 0.15) is 42.7 Å². The molecule has 1 atom stereocenters. The number of aliphatic imine (C=N–C) groups is 1. The molecule has 7 heteroatoms. The maximum absolute atomic E-state index is 13.3. The first-order valence-electron chi connectivity index (χ1n) is 9.99. The average molecular weight is 391 g/mol. The predicted molar refractivity (Wildman–Crippen MR) is 108 cm³/mol. The molecule has 0 spiro atoms. The number of amides is 1. The Balaban J connectivity index is 1.42. The van der Waals surface area contributed by atoms with Crippen LogP contribution in [0.2, 0.25) is 0 Å². The largest absolute Gasteiger partial charge is 0.451 e. The summed E-state index contributed by atoms with van der Waals surface area (Å²) in [6, 6.07) is 10.1. The second kappa shape index (κ2) is 6.99. The number of para-hydroxylation sites is 1. The first-order valence-corrected chi connectivity index (χ1v) is 9.99. The second-order valence-electron chi connectivity index (χ2n) is 7.88. The van der Waals surface area contributed by atoms with E-state index < -0.39 is 4.92 Å². The SMILES string of the molecule is O=C(c1ccc(-c2ccccc2[N+](=O)[O-])o1)N(C1CC1)C1CCC2=C(C=NC2)C1. The molecule has 1 fully saturated rings. The second-order valence-corrected chi connectivity index (χ2v) is 7.88. The molecule has 5 rings (SSSR count). The van der Waals surface area contributed by atoms with Gasteiger partial charge in [0.05, 0.1) is 17.0 Å². The van der Waals surface area contributed by atoms with Gasteiger partial charge < -0.3 is 9.32 Å². The first-order chi connectivity index (χ1) is 14.1. The normalized spacial score (nSPS) is 20.6. The fraction of sp³-hybridized carbons (Fsp3) is 0.364. The highest BCUT2D eigenvalue weighted by Gasteiger charge is 2.40. The molecule has 29 heavy (non-hydrogen) atoms. The monoisotopic (exact) mass is 391 g/mol. The van der Waals surface area contributed by atoms with E-state index in [9.17, 15) is 14.9 Å². The van der Waals surface area contributed by atoms with Crippen molar-refractivity contribution in [1.82, 2.24) is 4.90 Å². The number of nitro benzene ring substituents is 1. The summed E-state index contributed by atoms with van der Waals surface area (Å²) in [5.74, 6) is 0.458. The number of carbonyl (C=O) groups excluding carboxylic acids is 1. The fourth-order valence-corrected chi connectivity index (χ4v) is 4.38. The Hall–Kier alpha value is -3.22. The van der Waals surface area contributed by atoms with Crippen molar-refractivity contribution in [3.63, 3.8) is 0 Å². The van der Waals surface area contributed by atoms with E-state index in [0.29, 0.717) is 11.3 Å². The van der Waals surface area contributed by atoms with Crippen LogP contribution in [0.25, 0.3) is 11.3 Å².